The number of anilines is 1. The SMILES string of the molecule is CN1CC(CN2CCN(c3ccccc3C#N)CC2)CCC1=O. The molecular formula is C18H24N4O. The number of likely N-dealkylation sites (tertiary alicyclic amines) is 1. The van der Waals surface area contributed by atoms with Crippen LogP contribution >= 0.6 is 0 Å². The van der Waals surface area contributed by atoms with Gasteiger partial charge >= 0.3 is 0 Å². The minimum atomic E-state index is 0.277. The average Bonchev–Trinajstić information content (AvgIpc) is 2.59. The van der Waals surface area contributed by atoms with E-state index in [0.29, 0.717) is 12.3 Å². The average molecular weight is 312 g/mol. The molecule has 0 bridgehead atoms. The molecule has 2 saturated heterocycles. The van der Waals surface area contributed by atoms with Gasteiger partial charge in [0, 0.05) is 52.7 Å². The summed E-state index contributed by atoms with van der Waals surface area (Å²) in [6.45, 7) is 5.92. The molecule has 0 radical (unpaired) electrons. The van der Waals surface area contributed by atoms with Crippen LogP contribution in [0, 0.1) is 17.2 Å². The summed E-state index contributed by atoms with van der Waals surface area (Å²) in [5.41, 5.74) is 1.81. The molecule has 3 rings (SSSR count). The van der Waals surface area contributed by atoms with Gasteiger partial charge in [0.25, 0.3) is 0 Å². The summed E-state index contributed by atoms with van der Waals surface area (Å²) in [5.74, 6) is 0.870. The Morgan fingerprint density at radius 3 is 2.65 bits per heavy atom. The molecule has 0 N–H and O–H groups in total. The topological polar surface area (TPSA) is 50.6 Å². The number of carbonyl (C=O) groups is 1. The second kappa shape index (κ2) is 7.01. The van der Waals surface area contributed by atoms with Gasteiger partial charge in [0.15, 0.2) is 0 Å². The van der Waals surface area contributed by atoms with E-state index in [0.717, 1.165) is 56.9 Å². The van der Waals surface area contributed by atoms with Crippen molar-refractivity contribution in [1.29, 1.82) is 5.26 Å². The van der Waals surface area contributed by atoms with E-state index in [-0.39, 0.29) is 5.91 Å². The van der Waals surface area contributed by atoms with Crippen LogP contribution in [0.1, 0.15) is 18.4 Å². The Hall–Kier alpha value is -2.06. The highest BCUT2D eigenvalue weighted by atomic mass is 16.2. The molecule has 2 heterocycles. The van der Waals surface area contributed by atoms with Gasteiger partial charge in [0.2, 0.25) is 5.91 Å². The first-order valence-corrected chi connectivity index (χ1v) is 8.38. The van der Waals surface area contributed by atoms with Crippen molar-refractivity contribution < 1.29 is 4.79 Å². The first kappa shape index (κ1) is 15.8. The van der Waals surface area contributed by atoms with Crippen LogP contribution in [0.4, 0.5) is 5.69 Å². The molecule has 1 aromatic carbocycles. The quantitative estimate of drug-likeness (QED) is 0.850. The molecule has 0 aromatic heterocycles. The summed E-state index contributed by atoms with van der Waals surface area (Å²) in [5, 5.41) is 9.24. The number of hydrogen-bond acceptors (Lipinski definition) is 4. The predicted octanol–water partition coefficient (Wildman–Crippen LogP) is 1.55. The van der Waals surface area contributed by atoms with Crippen molar-refractivity contribution in [3.05, 3.63) is 29.8 Å². The maximum Gasteiger partial charge on any atom is 0.222 e. The molecule has 5 heteroatoms. The third-order valence-corrected chi connectivity index (χ3v) is 4.98. The number of carbonyl (C=O) groups excluding carboxylic acids is 1. The highest BCUT2D eigenvalue weighted by Crippen LogP contribution is 2.22. The summed E-state index contributed by atoms with van der Waals surface area (Å²) in [6, 6.07) is 10.1. The van der Waals surface area contributed by atoms with Gasteiger partial charge in [0.05, 0.1) is 11.3 Å². The zero-order chi connectivity index (χ0) is 16.2. The molecular weight excluding hydrogens is 288 g/mol. The third-order valence-electron chi connectivity index (χ3n) is 4.98. The molecule has 2 fully saturated rings. The molecule has 122 valence electrons. The summed E-state index contributed by atoms with van der Waals surface area (Å²) in [4.78, 5) is 18.3. The number of para-hydroxylation sites is 1. The maximum atomic E-state index is 11.6. The fourth-order valence-corrected chi connectivity index (χ4v) is 3.63. The maximum absolute atomic E-state index is 11.6. The number of piperazine rings is 1. The Labute approximate surface area is 138 Å². The first-order valence-electron chi connectivity index (χ1n) is 8.38. The summed E-state index contributed by atoms with van der Waals surface area (Å²) < 4.78 is 0. The van der Waals surface area contributed by atoms with Gasteiger partial charge in [-0.2, -0.15) is 5.26 Å². The van der Waals surface area contributed by atoms with Crippen molar-refractivity contribution in [2.45, 2.75) is 12.8 Å². The van der Waals surface area contributed by atoms with E-state index in [1.165, 1.54) is 0 Å². The van der Waals surface area contributed by atoms with Crippen molar-refractivity contribution >= 4 is 11.6 Å². The molecule has 2 aliphatic rings. The van der Waals surface area contributed by atoms with Gasteiger partial charge in [-0.25, -0.2) is 0 Å². The van der Waals surface area contributed by atoms with E-state index in [1.54, 1.807) is 0 Å². The Balaban J connectivity index is 1.53. The highest BCUT2D eigenvalue weighted by molar-refractivity contribution is 5.76. The highest BCUT2D eigenvalue weighted by Gasteiger charge is 2.26. The fourth-order valence-electron chi connectivity index (χ4n) is 3.63. The number of piperidine rings is 1. The zero-order valence-corrected chi connectivity index (χ0v) is 13.7. The Morgan fingerprint density at radius 1 is 1.22 bits per heavy atom. The van der Waals surface area contributed by atoms with Gasteiger partial charge in [-0.1, -0.05) is 12.1 Å². The zero-order valence-electron chi connectivity index (χ0n) is 13.7. The molecule has 1 unspecified atom stereocenters. The van der Waals surface area contributed by atoms with Crippen LogP contribution in [0.15, 0.2) is 24.3 Å². The van der Waals surface area contributed by atoms with E-state index in [9.17, 15) is 10.1 Å². The van der Waals surface area contributed by atoms with Gasteiger partial charge in [-0.15, -0.1) is 0 Å². The lowest BCUT2D eigenvalue weighted by Crippen LogP contribution is -2.50. The van der Waals surface area contributed by atoms with Crippen molar-refractivity contribution in [3.63, 3.8) is 0 Å². The largest absolute Gasteiger partial charge is 0.368 e. The van der Waals surface area contributed by atoms with Gasteiger partial charge in [0.1, 0.15) is 6.07 Å². The van der Waals surface area contributed by atoms with Crippen LogP contribution in [0.3, 0.4) is 0 Å². The predicted molar refractivity (Wildman–Crippen MR) is 90.2 cm³/mol. The number of hydrogen-bond donors (Lipinski definition) is 0. The second-order valence-corrected chi connectivity index (χ2v) is 6.60. The van der Waals surface area contributed by atoms with Gasteiger partial charge in [-0.3, -0.25) is 9.69 Å². The number of nitriles is 1. The van der Waals surface area contributed by atoms with Crippen LogP contribution in [-0.2, 0) is 4.79 Å². The third kappa shape index (κ3) is 3.65. The Kier molecular flexibility index (Phi) is 4.82. The standard InChI is InChI=1S/C18H24N4O/c1-20-13-15(6-7-18(20)23)14-21-8-10-22(11-9-21)17-5-3-2-4-16(17)12-19/h2-5,15H,6-11,13-14H2,1H3. The van der Waals surface area contributed by atoms with Crippen molar-refractivity contribution in [1.82, 2.24) is 9.80 Å². The van der Waals surface area contributed by atoms with Crippen LogP contribution in [0.25, 0.3) is 0 Å². The number of rotatable bonds is 3. The summed E-state index contributed by atoms with van der Waals surface area (Å²) in [7, 11) is 1.91. The van der Waals surface area contributed by atoms with Crippen molar-refractivity contribution in [2.24, 2.45) is 5.92 Å². The summed E-state index contributed by atoms with van der Waals surface area (Å²) >= 11 is 0. The van der Waals surface area contributed by atoms with Crippen LogP contribution < -0.4 is 4.90 Å². The summed E-state index contributed by atoms with van der Waals surface area (Å²) in [6.07, 6.45) is 1.71. The first-order chi connectivity index (χ1) is 11.2. The lowest BCUT2D eigenvalue weighted by Gasteiger charge is -2.39. The normalized spacial score (nSPS) is 23.0. The van der Waals surface area contributed by atoms with Crippen LogP contribution in [0.2, 0.25) is 0 Å². The smallest absolute Gasteiger partial charge is 0.222 e. The minimum Gasteiger partial charge on any atom is -0.368 e. The molecule has 0 saturated carbocycles. The second-order valence-electron chi connectivity index (χ2n) is 6.60. The molecule has 0 aliphatic carbocycles. The molecule has 1 aromatic rings. The number of nitrogens with zero attached hydrogens (tertiary/aromatic N) is 4. The van der Waals surface area contributed by atoms with E-state index in [2.05, 4.69) is 15.9 Å². The minimum absolute atomic E-state index is 0.277. The molecule has 23 heavy (non-hydrogen) atoms. The fraction of sp³-hybridized carbons (Fsp3) is 0.556. The molecule has 5 nitrogen and oxygen atoms in total. The Morgan fingerprint density at radius 2 is 1.96 bits per heavy atom. The Bertz CT molecular complexity index is 601. The van der Waals surface area contributed by atoms with E-state index < -0.39 is 0 Å². The molecule has 1 atom stereocenters. The van der Waals surface area contributed by atoms with E-state index >= 15 is 0 Å². The lowest BCUT2D eigenvalue weighted by molar-refractivity contribution is -0.133. The molecule has 1 amide bonds. The molecule has 0 spiro atoms. The lowest BCUT2D eigenvalue weighted by atomic mass is 9.97. The van der Waals surface area contributed by atoms with Crippen molar-refractivity contribution in [3.8, 4) is 6.07 Å². The van der Waals surface area contributed by atoms with Gasteiger partial charge in [-0.05, 0) is 24.5 Å². The monoisotopic (exact) mass is 312 g/mol. The van der Waals surface area contributed by atoms with Crippen LogP contribution in [0.5, 0.6) is 0 Å². The number of benzene rings is 1. The van der Waals surface area contributed by atoms with Crippen LogP contribution in [-0.4, -0.2) is 62.0 Å². The number of amides is 1. The van der Waals surface area contributed by atoms with E-state index in [1.807, 2.05) is 36.2 Å². The van der Waals surface area contributed by atoms with E-state index in [4.69, 9.17) is 0 Å². The van der Waals surface area contributed by atoms with Gasteiger partial charge < -0.3 is 9.80 Å². The van der Waals surface area contributed by atoms with Crippen molar-refractivity contribution in [2.75, 3.05) is 51.2 Å². The molecule has 2 aliphatic heterocycles.